The summed E-state index contributed by atoms with van der Waals surface area (Å²) in [5, 5.41) is 20.3. The van der Waals surface area contributed by atoms with E-state index in [9.17, 15) is 19.8 Å². The van der Waals surface area contributed by atoms with Crippen molar-refractivity contribution in [1.82, 2.24) is 0 Å². The van der Waals surface area contributed by atoms with E-state index >= 15 is 0 Å². The Kier molecular flexibility index (Phi) is 7.45. The van der Waals surface area contributed by atoms with Crippen LogP contribution in [0.3, 0.4) is 0 Å². The van der Waals surface area contributed by atoms with Crippen LogP contribution in [0, 0.1) is 62.1 Å². The first-order valence-electron chi connectivity index (χ1n) is 16.6. The molecule has 0 bridgehead atoms. The third-order valence-corrected chi connectivity index (χ3v) is 14.9. The number of hydrogen-bond acceptors (Lipinski definition) is 4. The molecule has 41 heavy (non-hydrogen) atoms. The molecule has 5 fully saturated rings. The zero-order valence-corrected chi connectivity index (χ0v) is 27.3. The Morgan fingerprint density at radius 3 is 2.17 bits per heavy atom. The molecule has 5 rings (SSSR count). The van der Waals surface area contributed by atoms with Crippen LogP contribution in [0.2, 0.25) is 0 Å². The zero-order valence-electron chi connectivity index (χ0n) is 27.3. The number of carboxylic acids is 1. The van der Waals surface area contributed by atoms with Crippen LogP contribution in [0.15, 0.2) is 12.2 Å². The van der Waals surface area contributed by atoms with Crippen molar-refractivity contribution in [2.24, 2.45) is 62.1 Å². The summed E-state index contributed by atoms with van der Waals surface area (Å²) >= 11 is 0. The molecule has 0 spiro atoms. The summed E-state index contributed by atoms with van der Waals surface area (Å²) in [5.74, 6) is 1.46. The summed E-state index contributed by atoms with van der Waals surface area (Å²) < 4.78 is 6.12. The van der Waals surface area contributed by atoms with E-state index in [4.69, 9.17) is 4.74 Å². The maximum absolute atomic E-state index is 12.9. The van der Waals surface area contributed by atoms with Crippen molar-refractivity contribution >= 4 is 11.9 Å². The highest BCUT2D eigenvalue weighted by Gasteiger charge is 2.71. The predicted octanol–water partition coefficient (Wildman–Crippen LogP) is 8.05. The lowest BCUT2D eigenvalue weighted by Crippen LogP contribution is -2.67. The van der Waals surface area contributed by atoms with Gasteiger partial charge in [0.15, 0.2) is 0 Å². The van der Waals surface area contributed by atoms with Crippen molar-refractivity contribution in [3.63, 3.8) is 0 Å². The van der Waals surface area contributed by atoms with E-state index in [0.29, 0.717) is 36.2 Å². The average molecular weight is 571 g/mol. The fourth-order valence-electron chi connectivity index (χ4n) is 12.4. The van der Waals surface area contributed by atoms with Crippen LogP contribution >= 0.6 is 0 Å². The van der Waals surface area contributed by atoms with Gasteiger partial charge < -0.3 is 14.9 Å². The SMILES string of the molecule is C=C(C)[C@@H]1CC[C@]2(CO)CC[C@]3(C)[C@H](CC[C@@H]4[C@@]5(C)CC[C@H](OC(=O)CC(C)(C)C(=O)O)C(C)(C)[C@@H]5CC[C@]43C)[C@@H]12. The molecule has 0 aromatic rings. The zero-order chi connectivity index (χ0) is 30.4. The van der Waals surface area contributed by atoms with Crippen molar-refractivity contribution in [1.29, 1.82) is 0 Å². The summed E-state index contributed by atoms with van der Waals surface area (Å²) in [6.07, 6.45) is 11.2. The molecular formula is C36H58O5. The Labute approximate surface area is 249 Å². The lowest BCUT2D eigenvalue weighted by atomic mass is 9.32. The number of carbonyl (C=O) groups is 2. The van der Waals surface area contributed by atoms with Crippen LogP contribution in [0.4, 0.5) is 0 Å². The van der Waals surface area contributed by atoms with Gasteiger partial charge in [-0.2, -0.15) is 0 Å². The summed E-state index contributed by atoms with van der Waals surface area (Å²) in [6.45, 7) is 22.6. The molecule has 0 aromatic heterocycles. The van der Waals surface area contributed by atoms with Crippen molar-refractivity contribution in [2.45, 2.75) is 132 Å². The number of aliphatic carboxylic acids is 1. The molecular weight excluding hydrogens is 512 g/mol. The first-order valence-corrected chi connectivity index (χ1v) is 16.6. The van der Waals surface area contributed by atoms with Crippen molar-refractivity contribution in [3.8, 4) is 0 Å². The standard InChI is InChI=1S/C36H58O5/c1-22(2)23-12-17-36(21-37)19-18-34(8)24(29(23)36)10-11-26-33(7)15-14-27(41-28(38)20-31(3,4)30(39)40)32(5,6)25(33)13-16-35(26,34)9/h23-27,29,37H,1,10-21H2,2-9H3,(H,39,40)/t23-,24+,25-,26+,27-,29+,33-,34+,35+,36+/m0/s1. The van der Waals surface area contributed by atoms with E-state index in [0.717, 1.165) is 32.1 Å². The van der Waals surface area contributed by atoms with Gasteiger partial charge in [-0.25, -0.2) is 0 Å². The molecule has 0 heterocycles. The second-order valence-corrected chi connectivity index (χ2v) is 17.4. The Hall–Kier alpha value is -1.36. The molecule has 5 aliphatic carbocycles. The normalized spacial score (nSPS) is 46.9. The van der Waals surface area contributed by atoms with Gasteiger partial charge in [0.05, 0.1) is 11.8 Å². The fourth-order valence-corrected chi connectivity index (χ4v) is 12.4. The Balaban J connectivity index is 1.41. The first-order chi connectivity index (χ1) is 18.9. The monoisotopic (exact) mass is 570 g/mol. The minimum Gasteiger partial charge on any atom is -0.481 e. The smallest absolute Gasteiger partial charge is 0.309 e. The number of aliphatic hydroxyl groups excluding tert-OH is 1. The van der Waals surface area contributed by atoms with Gasteiger partial charge in [-0.05, 0) is 136 Å². The molecule has 2 N–H and O–H groups in total. The molecule has 5 nitrogen and oxygen atoms in total. The molecule has 10 atom stereocenters. The van der Waals surface area contributed by atoms with Crippen LogP contribution < -0.4 is 0 Å². The van der Waals surface area contributed by atoms with Crippen molar-refractivity contribution < 1.29 is 24.5 Å². The van der Waals surface area contributed by atoms with Gasteiger partial charge in [0, 0.05) is 12.0 Å². The summed E-state index contributed by atoms with van der Waals surface area (Å²) in [4.78, 5) is 24.6. The van der Waals surface area contributed by atoms with Crippen molar-refractivity contribution in [2.75, 3.05) is 6.61 Å². The highest BCUT2D eigenvalue weighted by Crippen LogP contribution is 2.77. The Morgan fingerprint density at radius 2 is 1.56 bits per heavy atom. The quantitative estimate of drug-likeness (QED) is 0.249. The van der Waals surface area contributed by atoms with Crippen LogP contribution in [0.1, 0.15) is 126 Å². The largest absolute Gasteiger partial charge is 0.481 e. The van der Waals surface area contributed by atoms with E-state index < -0.39 is 11.4 Å². The van der Waals surface area contributed by atoms with Gasteiger partial charge in [0.25, 0.3) is 0 Å². The molecule has 0 radical (unpaired) electrons. The molecule has 0 aliphatic heterocycles. The first kappa shape index (κ1) is 31.1. The summed E-state index contributed by atoms with van der Waals surface area (Å²) in [5.41, 5.74) is 0.793. The molecule has 0 amide bonds. The van der Waals surface area contributed by atoms with Crippen LogP contribution in [0.25, 0.3) is 0 Å². The molecule has 0 unspecified atom stereocenters. The average Bonchev–Trinajstić information content (AvgIpc) is 3.26. The number of esters is 1. The topological polar surface area (TPSA) is 83.8 Å². The summed E-state index contributed by atoms with van der Waals surface area (Å²) in [7, 11) is 0. The van der Waals surface area contributed by atoms with Crippen LogP contribution in [0.5, 0.6) is 0 Å². The second kappa shape index (κ2) is 9.83. The Morgan fingerprint density at radius 1 is 0.878 bits per heavy atom. The lowest BCUT2D eigenvalue weighted by Gasteiger charge is -2.73. The van der Waals surface area contributed by atoms with Gasteiger partial charge in [-0.15, -0.1) is 0 Å². The number of hydrogen-bond donors (Lipinski definition) is 2. The molecule has 5 saturated carbocycles. The minimum atomic E-state index is -1.12. The minimum absolute atomic E-state index is 0.0806. The van der Waals surface area contributed by atoms with Crippen LogP contribution in [-0.2, 0) is 14.3 Å². The third kappa shape index (κ3) is 4.32. The molecule has 232 valence electrons. The van der Waals surface area contributed by atoms with E-state index in [-0.39, 0.29) is 45.6 Å². The van der Waals surface area contributed by atoms with Gasteiger partial charge in [-0.1, -0.05) is 46.8 Å². The van der Waals surface area contributed by atoms with Gasteiger partial charge in [-0.3, -0.25) is 9.59 Å². The number of aliphatic hydroxyl groups is 1. The molecule has 5 aliphatic rings. The Bertz CT molecular complexity index is 1090. The summed E-state index contributed by atoms with van der Waals surface area (Å²) in [6, 6.07) is 0. The maximum atomic E-state index is 12.9. The van der Waals surface area contributed by atoms with E-state index in [2.05, 4.69) is 48.1 Å². The highest BCUT2D eigenvalue weighted by molar-refractivity contribution is 5.81. The number of carboxylic acid groups (broad SMARTS) is 1. The number of carbonyl (C=O) groups excluding carboxylic acids is 1. The number of ether oxygens (including phenoxy) is 1. The van der Waals surface area contributed by atoms with Crippen molar-refractivity contribution in [3.05, 3.63) is 12.2 Å². The van der Waals surface area contributed by atoms with Gasteiger partial charge in [0.1, 0.15) is 6.10 Å². The second-order valence-electron chi connectivity index (χ2n) is 17.4. The van der Waals surface area contributed by atoms with E-state index in [1.54, 1.807) is 13.8 Å². The van der Waals surface area contributed by atoms with Crippen LogP contribution in [-0.4, -0.2) is 34.9 Å². The predicted molar refractivity (Wildman–Crippen MR) is 162 cm³/mol. The van der Waals surface area contributed by atoms with Gasteiger partial charge >= 0.3 is 11.9 Å². The molecule has 0 saturated heterocycles. The highest BCUT2D eigenvalue weighted by atomic mass is 16.5. The fraction of sp³-hybridized carbons (Fsp3) is 0.889. The number of fused-ring (bicyclic) bond motifs is 7. The molecule has 5 heteroatoms. The third-order valence-electron chi connectivity index (χ3n) is 14.9. The lowest BCUT2D eigenvalue weighted by molar-refractivity contribution is -0.251. The molecule has 0 aromatic carbocycles. The number of rotatable bonds is 6. The van der Waals surface area contributed by atoms with E-state index in [1.165, 1.54) is 37.7 Å². The van der Waals surface area contributed by atoms with E-state index in [1.807, 2.05) is 0 Å². The van der Waals surface area contributed by atoms with Gasteiger partial charge in [0.2, 0.25) is 0 Å². The number of allylic oxidation sites excluding steroid dienone is 1. The maximum Gasteiger partial charge on any atom is 0.309 e.